The lowest BCUT2D eigenvalue weighted by molar-refractivity contribution is -0.141. The Bertz CT molecular complexity index is 233. The van der Waals surface area contributed by atoms with Crippen LogP contribution in [0, 0.1) is 11.8 Å². The molecule has 15 heavy (non-hydrogen) atoms. The van der Waals surface area contributed by atoms with Crippen molar-refractivity contribution in [2.75, 3.05) is 33.3 Å². The highest BCUT2D eigenvalue weighted by Crippen LogP contribution is 2.28. The van der Waals surface area contributed by atoms with Gasteiger partial charge in [0.05, 0.1) is 13.5 Å². The highest BCUT2D eigenvalue weighted by atomic mass is 16.5. The fourth-order valence-corrected chi connectivity index (χ4v) is 2.71. The lowest BCUT2D eigenvalue weighted by Crippen LogP contribution is -2.35. The summed E-state index contributed by atoms with van der Waals surface area (Å²) < 4.78 is 4.70. The molecule has 0 aromatic rings. The zero-order valence-electron chi connectivity index (χ0n) is 9.53. The van der Waals surface area contributed by atoms with Crippen LogP contribution < -0.4 is 5.32 Å². The topological polar surface area (TPSA) is 41.6 Å². The minimum Gasteiger partial charge on any atom is -0.469 e. The molecule has 0 amide bonds. The van der Waals surface area contributed by atoms with Gasteiger partial charge in [-0.25, -0.2) is 0 Å². The van der Waals surface area contributed by atoms with E-state index in [1.54, 1.807) is 0 Å². The van der Waals surface area contributed by atoms with Crippen LogP contribution in [0.5, 0.6) is 0 Å². The first-order chi connectivity index (χ1) is 7.20. The smallest absolute Gasteiger partial charge is 0.307 e. The average Bonchev–Trinajstić information content (AvgIpc) is 2.76. The summed E-state index contributed by atoms with van der Waals surface area (Å²) in [6, 6.07) is 0.322. The maximum atomic E-state index is 11.2. The first-order valence-electron chi connectivity index (χ1n) is 5.72. The molecule has 2 rings (SSSR count). The Hall–Kier alpha value is -0.610. The lowest BCUT2D eigenvalue weighted by atomic mass is 10.0. The summed E-state index contributed by atoms with van der Waals surface area (Å²) >= 11 is 0. The fraction of sp³-hybridized carbons (Fsp3) is 0.909. The highest BCUT2D eigenvalue weighted by molar-refractivity contribution is 5.69. The second kappa shape index (κ2) is 4.49. The first-order valence-corrected chi connectivity index (χ1v) is 5.72. The first kappa shape index (κ1) is 10.9. The molecule has 1 N–H and O–H groups in total. The summed E-state index contributed by atoms with van der Waals surface area (Å²) in [5.41, 5.74) is 0. The number of hydrogen-bond donors (Lipinski definition) is 1. The van der Waals surface area contributed by atoms with Crippen LogP contribution in [0.2, 0.25) is 0 Å². The van der Waals surface area contributed by atoms with E-state index in [1.807, 2.05) is 0 Å². The second-order valence-corrected chi connectivity index (χ2v) is 4.76. The van der Waals surface area contributed by atoms with Gasteiger partial charge in [-0.3, -0.25) is 9.69 Å². The molecule has 0 bridgehead atoms. The number of carbonyl (C=O) groups excluding carboxylic acids is 1. The molecule has 2 saturated heterocycles. The molecule has 0 aliphatic carbocycles. The minimum atomic E-state index is -0.0994. The number of likely N-dealkylation sites (tertiary alicyclic amines) is 1. The number of methoxy groups -OCH3 is 1. The van der Waals surface area contributed by atoms with Gasteiger partial charge >= 0.3 is 5.97 Å². The van der Waals surface area contributed by atoms with Crippen LogP contribution in [0.25, 0.3) is 0 Å². The molecule has 3 atom stereocenters. The molecule has 0 aromatic heterocycles. The van der Waals surface area contributed by atoms with E-state index in [0.717, 1.165) is 38.0 Å². The van der Waals surface area contributed by atoms with E-state index >= 15 is 0 Å². The van der Waals surface area contributed by atoms with Crippen molar-refractivity contribution in [3.63, 3.8) is 0 Å². The van der Waals surface area contributed by atoms with E-state index in [2.05, 4.69) is 17.1 Å². The molecule has 2 aliphatic heterocycles. The molecule has 0 aromatic carbocycles. The van der Waals surface area contributed by atoms with Crippen LogP contribution in [0.15, 0.2) is 0 Å². The van der Waals surface area contributed by atoms with Crippen molar-refractivity contribution in [3.05, 3.63) is 0 Å². The SMILES string of the molecule is COC(=O)CC(C)N1CC2CNCC2C1. The summed E-state index contributed by atoms with van der Waals surface area (Å²) in [6.45, 7) is 6.68. The van der Waals surface area contributed by atoms with Crippen molar-refractivity contribution >= 4 is 5.97 Å². The van der Waals surface area contributed by atoms with Gasteiger partial charge in [0.1, 0.15) is 0 Å². The lowest BCUT2D eigenvalue weighted by Gasteiger charge is -2.24. The van der Waals surface area contributed by atoms with E-state index in [0.29, 0.717) is 12.5 Å². The minimum absolute atomic E-state index is 0.0994. The van der Waals surface area contributed by atoms with Crippen LogP contribution in [0.4, 0.5) is 0 Å². The van der Waals surface area contributed by atoms with Gasteiger partial charge in [0.15, 0.2) is 0 Å². The largest absolute Gasteiger partial charge is 0.469 e. The predicted octanol–water partition coefficient (Wildman–Crippen LogP) is 0.0892. The van der Waals surface area contributed by atoms with Crippen molar-refractivity contribution in [1.29, 1.82) is 0 Å². The molecule has 4 nitrogen and oxygen atoms in total. The van der Waals surface area contributed by atoms with Crippen molar-refractivity contribution in [3.8, 4) is 0 Å². The summed E-state index contributed by atoms with van der Waals surface area (Å²) in [7, 11) is 1.46. The van der Waals surface area contributed by atoms with E-state index < -0.39 is 0 Å². The van der Waals surface area contributed by atoms with Gasteiger partial charge in [0, 0.05) is 19.1 Å². The Morgan fingerprint density at radius 3 is 2.60 bits per heavy atom. The monoisotopic (exact) mass is 212 g/mol. The second-order valence-electron chi connectivity index (χ2n) is 4.76. The van der Waals surface area contributed by atoms with Gasteiger partial charge in [-0.2, -0.15) is 0 Å². The number of nitrogens with one attached hydrogen (secondary N) is 1. The van der Waals surface area contributed by atoms with Gasteiger partial charge in [-0.1, -0.05) is 0 Å². The maximum absolute atomic E-state index is 11.2. The number of fused-ring (bicyclic) bond motifs is 1. The van der Waals surface area contributed by atoms with E-state index in [4.69, 9.17) is 4.74 Å². The Morgan fingerprint density at radius 2 is 2.07 bits per heavy atom. The van der Waals surface area contributed by atoms with Gasteiger partial charge in [-0.05, 0) is 31.8 Å². The van der Waals surface area contributed by atoms with E-state index in [-0.39, 0.29) is 5.97 Å². The van der Waals surface area contributed by atoms with Gasteiger partial charge in [0.2, 0.25) is 0 Å². The normalized spacial score (nSPS) is 32.7. The summed E-state index contributed by atoms with van der Waals surface area (Å²) in [6.07, 6.45) is 0.517. The zero-order chi connectivity index (χ0) is 10.8. The van der Waals surface area contributed by atoms with Crippen LogP contribution in [-0.4, -0.2) is 50.2 Å². The maximum Gasteiger partial charge on any atom is 0.307 e. The van der Waals surface area contributed by atoms with Crippen molar-refractivity contribution in [1.82, 2.24) is 10.2 Å². The molecule has 4 heteroatoms. The third-order valence-electron chi connectivity index (χ3n) is 3.73. The third kappa shape index (κ3) is 2.32. The molecule has 2 heterocycles. The Kier molecular flexibility index (Phi) is 3.26. The molecule has 2 aliphatic rings. The van der Waals surface area contributed by atoms with Crippen molar-refractivity contribution in [2.45, 2.75) is 19.4 Å². The van der Waals surface area contributed by atoms with Crippen LogP contribution in [-0.2, 0) is 9.53 Å². The summed E-state index contributed by atoms with van der Waals surface area (Å²) in [5.74, 6) is 1.49. The molecule has 0 saturated carbocycles. The van der Waals surface area contributed by atoms with Crippen LogP contribution in [0.3, 0.4) is 0 Å². The summed E-state index contributed by atoms with van der Waals surface area (Å²) in [4.78, 5) is 13.6. The Morgan fingerprint density at radius 1 is 1.47 bits per heavy atom. The van der Waals surface area contributed by atoms with Crippen LogP contribution in [0.1, 0.15) is 13.3 Å². The van der Waals surface area contributed by atoms with Gasteiger partial charge in [-0.15, -0.1) is 0 Å². The number of esters is 1. The third-order valence-corrected chi connectivity index (χ3v) is 3.73. The molecule has 3 unspecified atom stereocenters. The zero-order valence-corrected chi connectivity index (χ0v) is 9.53. The van der Waals surface area contributed by atoms with Crippen molar-refractivity contribution < 1.29 is 9.53 Å². The number of nitrogens with zero attached hydrogens (tertiary/aromatic N) is 1. The molecule has 2 fully saturated rings. The highest BCUT2D eigenvalue weighted by Gasteiger charge is 2.37. The standard InChI is InChI=1S/C11H20N2O2/c1-8(3-11(14)15-2)13-6-9-4-12-5-10(9)7-13/h8-10,12H,3-7H2,1-2H3. The fourth-order valence-electron chi connectivity index (χ4n) is 2.71. The molecule has 0 spiro atoms. The average molecular weight is 212 g/mol. The molecule has 0 radical (unpaired) electrons. The number of carbonyl (C=O) groups is 1. The molecular formula is C11H20N2O2. The number of hydrogen-bond acceptors (Lipinski definition) is 4. The van der Waals surface area contributed by atoms with E-state index in [1.165, 1.54) is 7.11 Å². The van der Waals surface area contributed by atoms with Crippen molar-refractivity contribution in [2.24, 2.45) is 11.8 Å². The Labute approximate surface area is 91.0 Å². The van der Waals surface area contributed by atoms with Gasteiger partial charge in [0.25, 0.3) is 0 Å². The van der Waals surface area contributed by atoms with E-state index in [9.17, 15) is 4.79 Å². The Balaban J connectivity index is 1.82. The number of rotatable bonds is 3. The molecular weight excluding hydrogens is 192 g/mol. The quantitative estimate of drug-likeness (QED) is 0.673. The predicted molar refractivity (Wildman–Crippen MR) is 57.5 cm³/mol. The van der Waals surface area contributed by atoms with Gasteiger partial charge < -0.3 is 10.1 Å². The number of ether oxygens (including phenoxy) is 1. The summed E-state index contributed by atoms with van der Waals surface area (Å²) in [5, 5.41) is 3.42. The molecule has 86 valence electrons. The van der Waals surface area contributed by atoms with Crippen LogP contribution >= 0.6 is 0 Å².